The Morgan fingerprint density at radius 3 is 2.95 bits per heavy atom. The summed E-state index contributed by atoms with van der Waals surface area (Å²) in [6.45, 7) is 2.57. The lowest BCUT2D eigenvalue weighted by atomic mass is 10.2. The molecule has 0 aliphatic heterocycles. The van der Waals surface area contributed by atoms with Crippen molar-refractivity contribution in [2.75, 3.05) is 0 Å². The van der Waals surface area contributed by atoms with Crippen LogP contribution in [0.5, 0.6) is 0 Å². The Labute approximate surface area is 126 Å². The molecule has 0 radical (unpaired) electrons. The Balaban J connectivity index is 2.50. The molecule has 0 atom stereocenters. The van der Waals surface area contributed by atoms with Gasteiger partial charge in [-0.2, -0.15) is 5.10 Å². The molecule has 2 rings (SSSR count). The minimum absolute atomic E-state index is 0.263. The van der Waals surface area contributed by atoms with E-state index in [0.29, 0.717) is 17.8 Å². The van der Waals surface area contributed by atoms with Crippen LogP contribution in [0.2, 0.25) is 0 Å². The van der Waals surface area contributed by atoms with Crippen molar-refractivity contribution in [2.45, 2.75) is 26.3 Å². The van der Waals surface area contributed by atoms with E-state index >= 15 is 0 Å². The van der Waals surface area contributed by atoms with Gasteiger partial charge in [-0.15, -0.1) is 11.3 Å². The molecule has 0 aliphatic carbocycles. The van der Waals surface area contributed by atoms with Gasteiger partial charge in [0, 0.05) is 18.2 Å². The molecule has 2 heterocycles. The molecular formula is C15H16N2O3S. The molecule has 110 valence electrons. The molecule has 6 heteroatoms. The van der Waals surface area contributed by atoms with Crippen LogP contribution in [0.1, 0.15) is 25.3 Å². The van der Waals surface area contributed by atoms with E-state index in [9.17, 15) is 9.59 Å². The molecule has 0 fully saturated rings. The van der Waals surface area contributed by atoms with Gasteiger partial charge in [-0.3, -0.25) is 4.79 Å². The highest BCUT2D eigenvalue weighted by molar-refractivity contribution is 7.13. The first kappa shape index (κ1) is 15.2. The highest BCUT2D eigenvalue weighted by Gasteiger charge is 2.09. The Bertz CT molecular complexity index is 702. The number of carboxylic acid groups (broad SMARTS) is 1. The molecule has 0 saturated carbocycles. The van der Waals surface area contributed by atoms with Crippen LogP contribution >= 0.6 is 11.3 Å². The van der Waals surface area contributed by atoms with E-state index in [0.717, 1.165) is 23.8 Å². The molecule has 5 nitrogen and oxygen atoms in total. The van der Waals surface area contributed by atoms with E-state index in [1.54, 1.807) is 6.07 Å². The molecule has 0 aliphatic rings. The van der Waals surface area contributed by atoms with Gasteiger partial charge in [-0.05, 0) is 30.0 Å². The topological polar surface area (TPSA) is 72.2 Å². The number of nitrogens with zero attached hydrogens (tertiary/aromatic N) is 2. The number of rotatable bonds is 6. The molecular weight excluding hydrogens is 288 g/mol. The number of hydrogen-bond acceptors (Lipinski definition) is 4. The maximum atomic E-state index is 12.3. The molecule has 2 aromatic rings. The molecule has 0 unspecified atom stereocenters. The Morgan fingerprint density at radius 2 is 2.33 bits per heavy atom. The van der Waals surface area contributed by atoms with Crippen molar-refractivity contribution in [1.29, 1.82) is 0 Å². The highest BCUT2D eigenvalue weighted by atomic mass is 32.1. The van der Waals surface area contributed by atoms with Crippen LogP contribution in [0.4, 0.5) is 0 Å². The number of carboxylic acids is 1. The maximum absolute atomic E-state index is 12.3. The normalized spacial score (nSPS) is 11.1. The van der Waals surface area contributed by atoms with Crippen LogP contribution in [0.15, 0.2) is 34.4 Å². The second-order valence-corrected chi connectivity index (χ2v) is 5.46. The molecule has 1 N–H and O–H groups in total. The van der Waals surface area contributed by atoms with E-state index in [1.165, 1.54) is 22.1 Å². The van der Waals surface area contributed by atoms with E-state index in [4.69, 9.17) is 5.11 Å². The Hall–Kier alpha value is -2.21. The van der Waals surface area contributed by atoms with Crippen molar-refractivity contribution in [3.8, 4) is 10.6 Å². The Kier molecular flexibility index (Phi) is 5.05. The predicted molar refractivity (Wildman–Crippen MR) is 83.4 cm³/mol. The molecule has 0 amide bonds. The third-order valence-corrected chi connectivity index (χ3v) is 3.80. The third kappa shape index (κ3) is 3.88. The number of unbranched alkanes of at least 4 members (excludes halogenated alkanes) is 1. The SMILES string of the molecule is CCCCn1nc(-c2cccs2)cc(/C=C/C(=O)O)c1=O. The number of carbonyl (C=O) groups is 1. The number of thiophene rings is 1. The van der Waals surface area contributed by atoms with Gasteiger partial charge in [0.15, 0.2) is 0 Å². The number of aromatic nitrogens is 2. The van der Waals surface area contributed by atoms with Crippen LogP contribution in [0.25, 0.3) is 16.6 Å². The highest BCUT2D eigenvalue weighted by Crippen LogP contribution is 2.22. The van der Waals surface area contributed by atoms with E-state index in [1.807, 2.05) is 24.4 Å². The first-order valence-corrected chi connectivity index (χ1v) is 7.57. The molecule has 2 aromatic heterocycles. The molecule has 0 aromatic carbocycles. The summed E-state index contributed by atoms with van der Waals surface area (Å²) < 4.78 is 1.42. The Morgan fingerprint density at radius 1 is 1.52 bits per heavy atom. The average molecular weight is 304 g/mol. The first-order valence-electron chi connectivity index (χ1n) is 6.69. The minimum Gasteiger partial charge on any atom is -0.478 e. The summed E-state index contributed by atoms with van der Waals surface area (Å²) in [5.74, 6) is -1.08. The van der Waals surface area contributed by atoms with E-state index in [-0.39, 0.29) is 5.56 Å². The summed E-state index contributed by atoms with van der Waals surface area (Å²) in [5.41, 5.74) is 0.763. The summed E-state index contributed by atoms with van der Waals surface area (Å²) >= 11 is 1.53. The smallest absolute Gasteiger partial charge is 0.328 e. The van der Waals surface area contributed by atoms with Gasteiger partial charge in [0.2, 0.25) is 0 Å². The van der Waals surface area contributed by atoms with Gasteiger partial charge < -0.3 is 5.11 Å². The lowest BCUT2D eigenvalue weighted by molar-refractivity contribution is -0.131. The number of aryl methyl sites for hydroxylation is 1. The van der Waals surface area contributed by atoms with Crippen LogP contribution in [0.3, 0.4) is 0 Å². The summed E-state index contributed by atoms with van der Waals surface area (Å²) in [4.78, 5) is 23.9. The minimum atomic E-state index is -1.08. The molecule has 0 bridgehead atoms. The fourth-order valence-corrected chi connectivity index (χ4v) is 2.53. The van der Waals surface area contributed by atoms with Gasteiger partial charge in [-0.25, -0.2) is 9.48 Å². The summed E-state index contributed by atoms with van der Waals surface area (Å²) in [6, 6.07) is 5.47. The van der Waals surface area contributed by atoms with Crippen molar-refractivity contribution in [3.63, 3.8) is 0 Å². The zero-order valence-electron chi connectivity index (χ0n) is 11.7. The van der Waals surface area contributed by atoms with Crippen LogP contribution in [-0.4, -0.2) is 20.9 Å². The monoisotopic (exact) mass is 304 g/mol. The number of aliphatic carboxylic acids is 1. The van der Waals surface area contributed by atoms with Gasteiger partial charge >= 0.3 is 5.97 Å². The second kappa shape index (κ2) is 6.99. The van der Waals surface area contributed by atoms with Gasteiger partial charge in [0.1, 0.15) is 5.69 Å². The van der Waals surface area contributed by atoms with Crippen molar-refractivity contribution in [2.24, 2.45) is 0 Å². The fourth-order valence-electron chi connectivity index (χ4n) is 1.85. The largest absolute Gasteiger partial charge is 0.478 e. The van der Waals surface area contributed by atoms with Crippen LogP contribution in [0, 0.1) is 0 Å². The van der Waals surface area contributed by atoms with Crippen molar-refractivity contribution < 1.29 is 9.90 Å². The van der Waals surface area contributed by atoms with Crippen LogP contribution in [-0.2, 0) is 11.3 Å². The lowest BCUT2D eigenvalue weighted by Crippen LogP contribution is -2.25. The van der Waals surface area contributed by atoms with Crippen molar-refractivity contribution in [3.05, 3.63) is 45.6 Å². The van der Waals surface area contributed by atoms with Crippen LogP contribution < -0.4 is 5.56 Å². The quantitative estimate of drug-likeness (QED) is 0.833. The summed E-state index contributed by atoms with van der Waals surface area (Å²) in [6.07, 6.45) is 4.10. The van der Waals surface area contributed by atoms with Gasteiger partial charge in [0.05, 0.1) is 4.88 Å². The zero-order valence-corrected chi connectivity index (χ0v) is 12.5. The molecule has 0 saturated heterocycles. The maximum Gasteiger partial charge on any atom is 0.328 e. The zero-order chi connectivity index (χ0) is 15.2. The first-order chi connectivity index (χ1) is 10.1. The van der Waals surface area contributed by atoms with Crippen molar-refractivity contribution >= 4 is 23.4 Å². The molecule has 21 heavy (non-hydrogen) atoms. The predicted octanol–water partition coefficient (Wildman–Crippen LogP) is 2.87. The van der Waals surface area contributed by atoms with Gasteiger partial charge in [0.25, 0.3) is 5.56 Å². The van der Waals surface area contributed by atoms with Gasteiger partial charge in [-0.1, -0.05) is 19.4 Å². The average Bonchev–Trinajstić information content (AvgIpc) is 2.99. The number of hydrogen-bond donors (Lipinski definition) is 1. The van der Waals surface area contributed by atoms with E-state index in [2.05, 4.69) is 5.10 Å². The lowest BCUT2D eigenvalue weighted by Gasteiger charge is -2.07. The van der Waals surface area contributed by atoms with E-state index < -0.39 is 5.97 Å². The summed E-state index contributed by atoms with van der Waals surface area (Å²) in [5, 5.41) is 15.0. The standard InChI is InChI=1S/C15H16N2O3S/c1-2-3-8-17-15(20)11(6-7-14(18)19)10-12(16-17)13-5-4-9-21-13/h4-7,9-10H,2-3,8H2,1H3,(H,18,19)/b7-6+. The summed E-state index contributed by atoms with van der Waals surface area (Å²) in [7, 11) is 0. The van der Waals surface area contributed by atoms with Crippen molar-refractivity contribution in [1.82, 2.24) is 9.78 Å². The molecule has 0 spiro atoms. The third-order valence-electron chi connectivity index (χ3n) is 2.90. The second-order valence-electron chi connectivity index (χ2n) is 4.52. The fraction of sp³-hybridized carbons (Fsp3) is 0.267.